The van der Waals surface area contributed by atoms with Crippen molar-refractivity contribution >= 4 is 11.8 Å². The van der Waals surface area contributed by atoms with E-state index in [-0.39, 0.29) is 29.8 Å². The number of carbonyl (C=O) groups is 2. The highest BCUT2D eigenvalue weighted by molar-refractivity contribution is 5.97. The zero-order valence-electron chi connectivity index (χ0n) is 13.8. The lowest BCUT2D eigenvalue weighted by Gasteiger charge is -2.41. The first kappa shape index (κ1) is 17.0. The second-order valence-corrected chi connectivity index (χ2v) is 7.09. The molecule has 2 atom stereocenters. The number of hydrogen-bond donors (Lipinski definition) is 1. The number of hydrogen-bond acceptors (Lipinski definition) is 2. The Bertz CT molecular complexity index is 350. The average molecular weight is 282 g/mol. The molecule has 1 saturated heterocycles. The molecular weight excluding hydrogens is 252 g/mol. The highest BCUT2D eigenvalue weighted by Crippen LogP contribution is 2.21. The van der Waals surface area contributed by atoms with Crippen LogP contribution in [-0.4, -0.2) is 35.3 Å². The summed E-state index contributed by atoms with van der Waals surface area (Å²) in [6.07, 6.45) is 1.68. The minimum Gasteiger partial charge on any atom is -0.342 e. The molecule has 0 aromatic heterocycles. The monoisotopic (exact) mass is 282 g/mol. The van der Waals surface area contributed by atoms with Gasteiger partial charge in [0.2, 0.25) is 11.8 Å². The molecule has 0 aliphatic carbocycles. The van der Waals surface area contributed by atoms with Gasteiger partial charge in [0.25, 0.3) is 0 Å². The zero-order chi connectivity index (χ0) is 15.4. The number of rotatable bonds is 6. The summed E-state index contributed by atoms with van der Waals surface area (Å²) in [4.78, 5) is 26.8. The Morgan fingerprint density at radius 1 is 1.05 bits per heavy atom. The molecule has 4 heteroatoms. The average Bonchev–Trinajstić information content (AvgIpc) is 2.31. The predicted octanol–water partition coefficient (Wildman–Crippen LogP) is 2.43. The Morgan fingerprint density at radius 2 is 1.65 bits per heavy atom. The largest absolute Gasteiger partial charge is 0.342 e. The summed E-state index contributed by atoms with van der Waals surface area (Å²) < 4.78 is 0. The maximum absolute atomic E-state index is 12.6. The summed E-state index contributed by atoms with van der Waals surface area (Å²) in [5, 5.41) is 2.91. The molecule has 1 rings (SSSR count). The molecule has 2 amide bonds. The number of nitrogens with one attached hydrogen (secondary N) is 1. The number of carbonyl (C=O) groups excluding carboxylic acids is 2. The maximum atomic E-state index is 12.6. The van der Waals surface area contributed by atoms with Crippen molar-refractivity contribution in [1.82, 2.24) is 10.2 Å². The van der Waals surface area contributed by atoms with Crippen LogP contribution in [-0.2, 0) is 9.59 Å². The van der Waals surface area contributed by atoms with Crippen LogP contribution in [0.3, 0.4) is 0 Å². The molecule has 1 aliphatic rings. The van der Waals surface area contributed by atoms with Gasteiger partial charge in [-0.05, 0) is 30.6 Å². The predicted molar refractivity (Wildman–Crippen MR) is 81.2 cm³/mol. The van der Waals surface area contributed by atoms with Crippen molar-refractivity contribution in [3.63, 3.8) is 0 Å². The van der Waals surface area contributed by atoms with Crippen LogP contribution >= 0.6 is 0 Å². The van der Waals surface area contributed by atoms with E-state index in [1.54, 1.807) is 0 Å². The standard InChI is InChI=1S/C16H30N2O2/c1-10(2)7-8-18-13(9-11(3)4)15(19)17-14(12(5)6)16(18)20/h10-14H,7-9H2,1-6H3,(H,17,19). The van der Waals surface area contributed by atoms with E-state index in [1.165, 1.54) is 0 Å². The van der Waals surface area contributed by atoms with Crippen molar-refractivity contribution in [2.24, 2.45) is 17.8 Å². The van der Waals surface area contributed by atoms with Gasteiger partial charge in [0.05, 0.1) is 0 Å². The minimum absolute atomic E-state index is 0.0146. The van der Waals surface area contributed by atoms with Crippen molar-refractivity contribution in [2.75, 3.05) is 6.54 Å². The van der Waals surface area contributed by atoms with E-state index in [2.05, 4.69) is 33.0 Å². The van der Waals surface area contributed by atoms with E-state index in [0.717, 1.165) is 12.8 Å². The van der Waals surface area contributed by atoms with Gasteiger partial charge in [-0.1, -0.05) is 41.5 Å². The van der Waals surface area contributed by atoms with Crippen molar-refractivity contribution < 1.29 is 9.59 Å². The molecule has 0 aromatic carbocycles. The summed E-state index contributed by atoms with van der Waals surface area (Å²) in [5.74, 6) is 1.17. The van der Waals surface area contributed by atoms with Gasteiger partial charge in [0.1, 0.15) is 12.1 Å². The van der Waals surface area contributed by atoms with Crippen LogP contribution < -0.4 is 5.32 Å². The first-order valence-corrected chi connectivity index (χ1v) is 7.84. The lowest BCUT2D eigenvalue weighted by molar-refractivity contribution is -0.151. The normalized spacial score (nSPS) is 23.9. The number of piperazine rings is 1. The highest BCUT2D eigenvalue weighted by atomic mass is 16.2. The van der Waals surface area contributed by atoms with Gasteiger partial charge in [0.15, 0.2) is 0 Å². The molecule has 0 spiro atoms. The second kappa shape index (κ2) is 7.09. The molecule has 0 radical (unpaired) electrons. The summed E-state index contributed by atoms with van der Waals surface area (Å²) in [7, 11) is 0. The Morgan fingerprint density at radius 3 is 2.10 bits per heavy atom. The molecule has 0 saturated carbocycles. The van der Waals surface area contributed by atoms with Gasteiger partial charge in [-0.3, -0.25) is 9.59 Å². The Kier molecular flexibility index (Phi) is 6.03. The Balaban J connectivity index is 2.91. The molecule has 1 aliphatic heterocycles. The van der Waals surface area contributed by atoms with Crippen molar-refractivity contribution in [2.45, 2.75) is 66.5 Å². The lowest BCUT2D eigenvalue weighted by atomic mass is 9.93. The number of amides is 2. The number of nitrogens with zero attached hydrogens (tertiary/aromatic N) is 1. The quantitative estimate of drug-likeness (QED) is 0.813. The van der Waals surface area contributed by atoms with Gasteiger partial charge in [0, 0.05) is 6.54 Å². The molecule has 0 bridgehead atoms. The Hall–Kier alpha value is -1.06. The van der Waals surface area contributed by atoms with Crippen molar-refractivity contribution in [3.8, 4) is 0 Å². The van der Waals surface area contributed by atoms with E-state index in [0.29, 0.717) is 18.4 Å². The summed E-state index contributed by atoms with van der Waals surface area (Å²) in [5.41, 5.74) is 0. The maximum Gasteiger partial charge on any atom is 0.246 e. The van der Waals surface area contributed by atoms with Crippen molar-refractivity contribution in [3.05, 3.63) is 0 Å². The van der Waals surface area contributed by atoms with E-state index in [4.69, 9.17) is 0 Å². The lowest BCUT2D eigenvalue weighted by Crippen LogP contribution is -2.65. The van der Waals surface area contributed by atoms with Crippen LogP contribution in [0.5, 0.6) is 0 Å². The fourth-order valence-corrected chi connectivity index (χ4v) is 2.58. The third kappa shape index (κ3) is 4.22. The summed E-state index contributed by atoms with van der Waals surface area (Å²) >= 11 is 0. The second-order valence-electron chi connectivity index (χ2n) is 7.09. The van der Waals surface area contributed by atoms with E-state index < -0.39 is 0 Å². The van der Waals surface area contributed by atoms with Crippen LogP contribution in [0.15, 0.2) is 0 Å². The smallest absolute Gasteiger partial charge is 0.246 e. The van der Waals surface area contributed by atoms with Crippen LogP contribution in [0.2, 0.25) is 0 Å². The van der Waals surface area contributed by atoms with E-state index in [1.807, 2.05) is 18.7 Å². The molecule has 116 valence electrons. The van der Waals surface area contributed by atoms with Crippen LogP contribution in [0.4, 0.5) is 0 Å². The fraction of sp³-hybridized carbons (Fsp3) is 0.875. The first-order chi connectivity index (χ1) is 9.23. The molecular formula is C16H30N2O2. The minimum atomic E-state index is -0.363. The van der Waals surface area contributed by atoms with E-state index >= 15 is 0 Å². The van der Waals surface area contributed by atoms with Crippen LogP contribution in [0.25, 0.3) is 0 Å². The first-order valence-electron chi connectivity index (χ1n) is 7.84. The molecule has 0 aromatic rings. The highest BCUT2D eigenvalue weighted by Gasteiger charge is 2.41. The van der Waals surface area contributed by atoms with Crippen LogP contribution in [0, 0.1) is 17.8 Å². The Labute approximate surface area is 123 Å². The van der Waals surface area contributed by atoms with Crippen molar-refractivity contribution in [1.29, 1.82) is 0 Å². The molecule has 1 heterocycles. The van der Waals surface area contributed by atoms with Crippen LogP contribution in [0.1, 0.15) is 54.4 Å². The zero-order valence-corrected chi connectivity index (χ0v) is 13.8. The van der Waals surface area contributed by atoms with Gasteiger partial charge in [-0.15, -0.1) is 0 Å². The van der Waals surface area contributed by atoms with Gasteiger partial charge in [-0.25, -0.2) is 0 Å². The summed E-state index contributed by atoms with van der Waals surface area (Å²) in [6, 6.07) is -0.658. The molecule has 4 nitrogen and oxygen atoms in total. The third-order valence-corrected chi connectivity index (χ3v) is 3.83. The third-order valence-electron chi connectivity index (χ3n) is 3.83. The molecule has 2 unspecified atom stereocenters. The molecule has 20 heavy (non-hydrogen) atoms. The summed E-state index contributed by atoms with van der Waals surface area (Å²) in [6.45, 7) is 13.1. The van der Waals surface area contributed by atoms with Gasteiger partial charge < -0.3 is 10.2 Å². The molecule has 1 N–H and O–H groups in total. The van der Waals surface area contributed by atoms with E-state index in [9.17, 15) is 9.59 Å². The van der Waals surface area contributed by atoms with Gasteiger partial charge >= 0.3 is 0 Å². The topological polar surface area (TPSA) is 49.4 Å². The molecule has 1 fully saturated rings. The SMILES string of the molecule is CC(C)CCN1C(=O)C(C(C)C)NC(=O)C1CC(C)C. The van der Waals surface area contributed by atoms with Gasteiger partial charge in [-0.2, -0.15) is 0 Å². The fourth-order valence-electron chi connectivity index (χ4n) is 2.58.